The van der Waals surface area contributed by atoms with E-state index >= 15 is 0 Å². The van der Waals surface area contributed by atoms with Gasteiger partial charge in [0.05, 0.1) is 54.2 Å². The SMILES string of the molecule is CN(CC(=O)NCCOCCOCCNc1ccc([N+](=O)[O-])cc1[N+](=O)[O-])C(=O)c1ccccc1-c1c2ccc(=N)cc-2oc2cc(N)ccc12. The van der Waals surface area contributed by atoms with Gasteiger partial charge in [-0.15, -0.1) is 0 Å². The molecular weight excluding hydrogens is 662 g/mol. The molecule has 5 N–H and O–H groups in total. The molecule has 16 nitrogen and oxygen atoms in total. The van der Waals surface area contributed by atoms with Crippen molar-refractivity contribution >= 4 is 45.5 Å². The highest BCUT2D eigenvalue weighted by molar-refractivity contribution is 6.09. The number of nitro groups is 2. The molecule has 0 atom stereocenters. The number of likely N-dealkylation sites (N-methyl/N-ethyl adjacent to an activating group) is 1. The molecule has 0 unspecified atom stereocenters. The number of nitrogens with zero attached hydrogens (tertiary/aromatic N) is 3. The first kappa shape index (κ1) is 35.9. The van der Waals surface area contributed by atoms with Crippen LogP contribution in [0.3, 0.4) is 0 Å². The van der Waals surface area contributed by atoms with E-state index in [0.717, 1.165) is 22.6 Å². The van der Waals surface area contributed by atoms with Crippen LogP contribution in [-0.2, 0) is 14.3 Å². The smallest absolute Gasteiger partial charge is 0.299 e. The molecule has 51 heavy (non-hydrogen) atoms. The van der Waals surface area contributed by atoms with E-state index in [4.69, 9.17) is 25.0 Å². The Balaban J connectivity index is 1.08. The molecule has 0 saturated heterocycles. The van der Waals surface area contributed by atoms with Crippen molar-refractivity contribution in [3.05, 3.63) is 110 Å². The number of nitrogens with two attached hydrogens (primary N) is 1. The Morgan fingerprint density at radius 3 is 2.37 bits per heavy atom. The van der Waals surface area contributed by atoms with E-state index in [2.05, 4.69) is 10.6 Å². The molecule has 0 bridgehead atoms. The van der Waals surface area contributed by atoms with E-state index in [9.17, 15) is 29.8 Å². The lowest BCUT2D eigenvalue weighted by Crippen LogP contribution is -2.39. The Morgan fingerprint density at radius 1 is 0.882 bits per heavy atom. The van der Waals surface area contributed by atoms with Gasteiger partial charge in [-0.2, -0.15) is 0 Å². The monoisotopic (exact) mass is 697 g/mol. The van der Waals surface area contributed by atoms with Crippen LogP contribution in [0.4, 0.5) is 22.7 Å². The fourth-order valence-corrected chi connectivity index (χ4v) is 5.41. The number of fused-ring (bicyclic) bond motifs is 2. The first-order chi connectivity index (χ1) is 24.5. The van der Waals surface area contributed by atoms with Crippen molar-refractivity contribution in [1.29, 1.82) is 5.41 Å². The van der Waals surface area contributed by atoms with Gasteiger partial charge in [0.15, 0.2) is 0 Å². The van der Waals surface area contributed by atoms with Crippen LogP contribution in [-0.4, -0.2) is 79.7 Å². The molecule has 0 radical (unpaired) electrons. The number of ether oxygens (including phenoxy) is 2. The number of hydrogen-bond donors (Lipinski definition) is 4. The number of rotatable bonds is 16. The molecule has 0 fully saturated rings. The fraction of sp³-hybridized carbons (Fsp3) is 0.229. The highest BCUT2D eigenvalue weighted by atomic mass is 16.6. The quantitative estimate of drug-likeness (QED) is 0.0371. The van der Waals surface area contributed by atoms with Crippen LogP contribution in [0.15, 0.2) is 83.3 Å². The average molecular weight is 698 g/mol. The number of amides is 2. The summed E-state index contributed by atoms with van der Waals surface area (Å²) in [5.41, 5.74) is 8.91. The average Bonchev–Trinajstić information content (AvgIpc) is 3.10. The van der Waals surface area contributed by atoms with Crippen molar-refractivity contribution < 1.29 is 33.3 Å². The largest absolute Gasteiger partial charge is 0.456 e. The van der Waals surface area contributed by atoms with E-state index in [-0.39, 0.29) is 74.6 Å². The standard InChI is InChI=1S/C35H35N7O9/c1-40(21-33(43)39-13-15-50-17-16-49-14-12-38-29-11-8-24(41(45)46)20-30(29)42(47)48)35(44)26-5-3-2-4-25(26)34-27-9-6-22(36)18-31(27)51-32-19-23(37)7-10-28(32)34/h2-11,18-20,36,38H,12-17,21,37H2,1H3,(H,39,43). The number of anilines is 2. The summed E-state index contributed by atoms with van der Waals surface area (Å²) in [5, 5.41) is 36.8. The molecule has 2 amide bonds. The van der Waals surface area contributed by atoms with Crippen molar-refractivity contribution in [3.63, 3.8) is 0 Å². The summed E-state index contributed by atoms with van der Waals surface area (Å²) < 4.78 is 17.0. The maximum atomic E-state index is 13.7. The molecule has 1 heterocycles. The summed E-state index contributed by atoms with van der Waals surface area (Å²) in [6.45, 7) is 1.09. The number of nitrogens with one attached hydrogen (secondary N) is 3. The first-order valence-electron chi connectivity index (χ1n) is 15.8. The van der Waals surface area contributed by atoms with Gasteiger partial charge in [-0.1, -0.05) is 18.2 Å². The number of nitrogen functional groups attached to an aromatic ring is 1. The molecule has 264 valence electrons. The second kappa shape index (κ2) is 16.3. The number of non-ortho nitro benzene ring substituents is 1. The number of nitro benzene ring substituents is 2. The van der Waals surface area contributed by atoms with Gasteiger partial charge in [0.25, 0.3) is 17.3 Å². The predicted molar refractivity (Wildman–Crippen MR) is 188 cm³/mol. The molecule has 5 rings (SSSR count). The van der Waals surface area contributed by atoms with E-state index in [0.29, 0.717) is 28.2 Å². The minimum atomic E-state index is -0.702. The summed E-state index contributed by atoms with van der Waals surface area (Å²) in [6.07, 6.45) is 0. The number of benzene rings is 4. The van der Waals surface area contributed by atoms with Gasteiger partial charge in [-0.3, -0.25) is 29.8 Å². The Morgan fingerprint density at radius 2 is 1.63 bits per heavy atom. The van der Waals surface area contributed by atoms with Gasteiger partial charge in [0.1, 0.15) is 17.0 Å². The Bertz CT molecular complexity index is 2120. The van der Waals surface area contributed by atoms with Crippen molar-refractivity contribution in [2.75, 3.05) is 64.2 Å². The molecular formula is C35H35N7O9. The predicted octanol–water partition coefficient (Wildman–Crippen LogP) is 4.42. The lowest BCUT2D eigenvalue weighted by atomic mass is 9.90. The Hall–Kier alpha value is -6.39. The third-order valence-electron chi connectivity index (χ3n) is 7.79. The molecule has 3 aromatic carbocycles. The van der Waals surface area contributed by atoms with Crippen molar-refractivity contribution in [1.82, 2.24) is 10.2 Å². The normalized spacial score (nSPS) is 11.0. The summed E-state index contributed by atoms with van der Waals surface area (Å²) in [4.78, 5) is 48.4. The first-order valence-corrected chi connectivity index (χ1v) is 15.8. The molecule has 2 aliphatic rings. The van der Waals surface area contributed by atoms with Crippen molar-refractivity contribution in [2.45, 2.75) is 0 Å². The third-order valence-corrected chi connectivity index (χ3v) is 7.79. The van der Waals surface area contributed by atoms with Crippen LogP contribution in [0, 0.1) is 25.6 Å². The van der Waals surface area contributed by atoms with Gasteiger partial charge < -0.3 is 40.6 Å². The zero-order valence-electron chi connectivity index (χ0n) is 27.5. The summed E-state index contributed by atoms with van der Waals surface area (Å²) in [7, 11) is 1.55. The van der Waals surface area contributed by atoms with E-state index < -0.39 is 15.5 Å². The van der Waals surface area contributed by atoms with Crippen molar-refractivity contribution in [2.24, 2.45) is 0 Å². The molecule has 16 heteroatoms. The summed E-state index contributed by atoms with van der Waals surface area (Å²) >= 11 is 0. The third kappa shape index (κ3) is 8.80. The lowest BCUT2D eigenvalue weighted by molar-refractivity contribution is -0.393. The van der Waals surface area contributed by atoms with E-state index in [1.54, 1.807) is 49.5 Å². The molecule has 1 aliphatic heterocycles. The van der Waals surface area contributed by atoms with Gasteiger partial charge in [-0.25, -0.2) is 0 Å². The maximum Gasteiger partial charge on any atom is 0.299 e. The minimum absolute atomic E-state index is 0.141. The van der Waals surface area contributed by atoms with Crippen LogP contribution in [0.25, 0.3) is 33.4 Å². The Kier molecular flexibility index (Phi) is 11.5. The molecule has 0 saturated carbocycles. The number of carbonyl (C=O) groups is 2. The minimum Gasteiger partial charge on any atom is -0.456 e. The molecule has 0 spiro atoms. The second-order valence-corrected chi connectivity index (χ2v) is 11.4. The van der Waals surface area contributed by atoms with Crippen LogP contribution in [0.5, 0.6) is 0 Å². The van der Waals surface area contributed by atoms with E-state index in [1.165, 1.54) is 17.0 Å². The van der Waals surface area contributed by atoms with Crippen LogP contribution in [0.2, 0.25) is 0 Å². The van der Waals surface area contributed by atoms with Crippen LogP contribution >= 0.6 is 0 Å². The van der Waals surface area contributed by atoms with Gasteiger partial charge in [-0.05, 0) is 42.0 Å². The van der Waals surface area contributed by atoms with Crippen LogP contribution < -0.4 is 21.7 Å². The highest BCUT2D eigenvalue weighted by Crippen LogP contribution is 2.41. The van der Waals surface area contributed by atoms with Crippen molar-refractivity contribution in [3.8, 4) is 22.5 Å². The van der Waals surface area contributed by atoms with E-state index in [1.807, 2.05) is 18.2 Å². The van der Waals surface area contributed by atoms with Crippen LogP contribution in [0.1, 0.15) is 10.4 Å². The number of carbonyl (C=O) groups excluding carboxylic acids is 2. The zero-order valence-corrected chi connectivity index (χ0v) is 27.5. The fourth-order valence-electron chi connectivity index (χ4n) is 5.41. The zero-order chi connectivity index (χ0) is 36.5. The van der Waals surface area contributed by atoms with Gasteiger partial charge in [0, 0.05) is 66.1 Å². The highest BCUT2D eigenvalue weighted by Gasteiger charge is 2.24. The number of hydrogen-bond acceptors (Lipinski definition) is 12. The molecule has 0 aromatic heterocycles. The topological polar surface area (TPSA) is 229 Å². The summed E-state index contributed by atoms with van der Waals surface area (Å²) in [6, 6.07) is 20.8. The summed E-state index contributed by atoms with van der Waals surface area (Å²) in [5.74, 6) is -0.256. The Labute approximate surface area is 290 Å². The molecule has 1 aliphatic carbocycles. The maximum absolute atomic E-state index is 13.7. The second-order valence-electron chi connectivity index (χ2n) is 11.4. The van der Waals surface area contributed by atoms with Gasteiger partial charge >= 0.3 is 0 Å². The van der Waals surface area contributed by atoms with Gasteiger partial charge in [0.2, 0.25) is 5.91 Å². The lowest BCUT2D eigenvalue weighted by Gasteiger charge is -2.21. The molecule has 3 aromatic rings.